The molecule has 1 fully saturated rings. The number of unbranched alkanes of at least 4 members (excludes halogenated alkanes) is 2. The molecule has 1 atom stereocenters. The quantitative estimate of drug-likeness (QED) is 0.248. The molecule has 1 saturated heterocycles. The number of oxazole rings is 1. The molecule has 2 aliphatic heterocycles. The first-order chi connectivity index (χ1) is 16.2. The zero-order valence-corrected chi connectivity index (χ0v) is 22.0. The molecule has 0 radical (unpaired) electrons. The molecule has 1 unspecified atom stereocenters. The Hall–Kier alpha value is -1.56. The fourth-order valence-corrected chi connectivity index (χ4v) is 5.98. The van der Waals surface area contributed by atoms with E-state index in [-0.39, 0.29) is 27.7 Å². The van der Waals surface area contributed by atoms with Crippen LogP contribution in [0.4, 0.5) is 0 Å². The first-order valence-corrected chi connectivity index (χ1v) is 13.9. The van der Waals surface area contributed by atoms with Crippen molar-refractivity contribution in [2.45, 2.75) is 75.0 Å². The third-order valence-electron chi connectivity index (χ3n) is 6.00. The molecule has 0 saturated carbocycles. The first kappa shape index (κ1) is 27.0. The van der Waals surface area contributed by atoms with Crippen LogP contribution in [0, 0.1) is 5.92 Å². The van der Waals surface area contributed by atoms with Gasteiger partial charge in [-0.25, -0.2) is 10.5 Å². The minimum Gasteiger partial charge on any atom is -0.444 e. The van der Waals surface area contributed by atoms with Crippen molar-refractivity contribution in [3.8, 4) is 0 Å². The zero-order chi connectivity index (χ0) is 24.6. The molecule has 3 N–H and O–H groups in total. The van der Waals surface area contributed by atoms with E-state index >= 15 is 0 Å². The molecule has 0 spiro atoms. The van der Waals surface area contributed by atoms with Crippen molar-refractivity contribution in [3.63, 3.8) is 0 Å². The second-order valence-corrected chi connectivity index (χ2v) is 12.5. The molecule has 0 aromatic carbocycles. The Morgan fingerprint density at radius 3 is 2.71 bits per heavy atom. The number of rotatable bonds is 10. The molecule has 11 heteroatoms. The van der Waals surface area contributed by atoms with Gasteiger partial charge in [0.15, 0.2) is 5.17 Å². The van der Waals surface area contributed by atoms with Crippen LogP contribution in [0.2, 0.25) is 0 Å². The average Bonchev–Trinajstić information content (AvgIpc) is 3.47. The number of nitrogens with zero attached hydrogens (tertiary/aromatic N) is 3. The minimum absolute atomic E-state index is 0.0302. The Morgan fingerprint density at radius 1 is 1.26 bits per heavy atom. The normalized spacial score (nSPS) is 19.8. The lowest BCUT2D eigenvalue weighted by Gasteiger charge is -2.31. The highest BCUT2D eigenvalue weighted by atomic mass is 32.2. The molecule has 3 heterocycles. The summed E-state index contributed by atoms with van der Waals surface area (Å²) >= 11 is 3.35. The molecule has 34 heavy (non-hydrogen) atoms. The van der Waals surface area contributed by atoms with E-state index in [1.54, 1.807) is 29.0 Å². The zero-order valence-electron chi connectivity index (χ0n) is 20.3. The monoisotopic (exact) mass is 511 g/mol. The van der Waals surface area contributed by atoms with Crippen molar-refractivity contribution < 1.29 is 19.2 Å². The summed E-state index contributed by atoms with van der Waals surface area (Å²) in [5.41, 5.74) is 1.62. The van der Waals surface area contributed by atoms with Gasteiger partial charge in [-0.1, -0.05) is 39.0 Å². The number of hydrogen-bond acceptors (Lipinski definition) is 9. The van der Waals surface area contributed by atoms with Gasteiger partial charge in [-0.3, -0.25) is 19.8 Å². The second-order valence-electron chi connectivity index (χ2n) is 9.82. The van der Waals surface area contributed by atoms with Gasteiger partial charge >= 0.3 is 0 Å². The SMILES string of the molecule is CC(C)(C)c1cnc(CSC2CN=C(NC(=O)C3CCN(CCCCCC(=O)NO)CC3)S2)o1. The van der Waals surface area contributed by atoms with Crippen LogP contribution in [-0.4, -0.2) is 62.8 Å². The topological polar surface area (TPSA) is 120 Å². The Morgan fingerprint density at radius 2 is 2.03 bits per heavy atom. The molecular weight excluding hydrogens is 474 g/mol. The summed E-state index contributed by atoms with van der Waals surface area (Å²) in [7, 11) is 0. The van der Waals surface area contributed by atoms with E-state index in [9.17, 15) is 9.59 Å². The van der Waals surface area contributed by atoms with Gasteiger partial charge in [0.05, 0.1) is 23.1 Å². The second kappa shape index (κ2) is 12.9. The number of thioether (sulfide) groups is 2. The number of nitrogens with one attached hydrogen (secondary N) is 2. The molecule has 0 bridgehead atoms. The minimum atomic E-state index is -0.328. The molecule has 3 rings (SSSR count). The van der Waals surface area contributed by atoms with Gasteiger partial charge in [-0.2, -0.15) is 0 Å². The predicted molar refractivity (Wildman–Crippen MR) is 136 cm³/mol. The molecular formula is C23H37N5O4S2. The van der Waals surface area contributed by atoms with E-state index < -0.39 is 0 Å². The van der Waals surface area contributed by atoms with Gasteiger partial charge in [0, 0.05) is 17.8 Å². The van der Waals surface area contributed by atoms with E-state index in [0.717, 1.165) is 68.6 Å². The number of carbonyl (C=O) groups excluding carboxylic acids is 2. The number of carbonyl (C=O) groups is 2. The van der Waals surface area contributed by atoms with E-state index in [1.165, 1.54) is 0 Å². The van der Waals surface area contributed by atoms with Crippen molar-refractivity contribution in [1.82, 2.24) is 20.7 Å². The number of hydroxylamine groups is 1. The number of piperidine rings is 1. The Bertz CT molecular complexity index is 847. The lowest BCUT2D eigenvalue weighted by atomic mass is 9.94. The maximum absolute atomic E-state index is 12.7. The maximum Gasteiger partial charge on any atom is 0.243 e. The summed E-state index contributed by atoms with van der Waals surface area (Å²) in [4.78, 5) is 35.0. The van der Waals surface area contributed by atoms with Crippen LogP contribution in [0.5, 0.6) is 0 Å². The maximum atomic E-state index is 12.7. The summed E-state index contributed by atoms with van der Waals surface area (Å²) in [6, 6.07) is 0. The van der Waals surface area contributed by atoms with Crippen LogP contribution in [-0.2, 0) is 20.8 Å². The third kappa shape index (κ3) is 8.58. The number of aromatic nitrogens is 1. The number of likely N-dealkylation sites (tertiary alicyclic amines) is 1. The van der Waals surface area contributed by atoms with Crippen molar-refractivity contribution in [2.75, 3.05) is 26.2 Å². The first-order valence-electron chi connectivity index (χ1n) is 12.0. The molecule has 9 nitrogen and oxygen atoms in total. The average molecular weight is 512 g/mol. The van der Waals surface area contributed by atoms with Crippen LogP contribution in [0.3, 0.4) is 0 Å². The lowest BCUT2D eigenvalue weighted by molar-refractivity contribution is -0.129. The van der Waals surface area contributed by atoms with Crippen LogP contribution >= 0.6 is 23.5 Å². The molecule has 2 aliphatic rings. The van der Waals surface area contributed by atoms with Crippen LogP contribution in [0.25, 0.3) is 0 Å². The van der Waals surface area contributed by atoms with E-state index in [4.69, 9.17) is 9.62 Å². The highest BCUT2D eigenvalue weighted by Gasteiger charge is 2.28. The van der Waals surface area contributed by atoms with Crippen molar-refractivity contribution >= 4 is 40.5 Å². The number of hydrogen-bond donors (Lipinski definition) is 3. The Balaban J connectivity index is 1.28. The largest absolute Gasteiger partial charge is 0.444 e. The summed E-state index contributed by atoms with van der Waals surface area (Å²) < 4.78 is 6.12. The van der Waals surface area contributed by atoms with Gasteiger partial charge in [0.2, 0.25) is 17.7 Å². The Kier molecular flexibility index (Phi) is 10.3. The molecule has 2 amide bonds. The van der Waals surface area contributed by atoms with Crippen molar-refractivity contribution in [1.29, 1.82) is 0 Å². The van der Waals surface area contributed by atoms with Crippen molar-refractivity contribution in [2.24, 2.45) is 10.9 Å². The van der Waals surface area contributed by atoms with Crippen LogP contribution in [0.1, 0.15) is 70.9 Å². The predicted octanol–water partition coefficient (Wildman–Crippen LogP) is 3.53. The highest BCUT2D eigenvalue weighted by Crippen LogP contribution is 2.33. The van der Waals surface area contributed by atoms with Gasteiger partial charge in [0.1, 0.15) is 5.76 Å². The summed E-state index contributed by atoms with van der Waals surface area (Å²) in [5, 5.41) is 12.3. The molecule has 0 aliphatic carbocycles. The van der Waals surface area contributed by atoms with Crippen LogP contribution in [0.15, 0.2) is 15.6 Å². The smallest absolute Gasteiger partial charge is 0.243 e. The fraction of sp³-hybridized carbons (Fsp3) is 0.739. The van der Waals surface area contributed by atoms with E-state index in [2.05, 4.69) is 41.0 Å². The van der Waals surface area contributed by atoms with Gasteiger partial charge in [0.25, 0.3) is 0 Å². The fourth-order valence-electron chi connectivity index (χ4n) is 3.88. The number of amidine groups is 1. The highest BCUT2D eigenvalue weighted by molar-refractivity contribution is 8.25. The van der Waals surface area contributed by atoms with Gasteiger partial charge < -0.3 is 14.6 Å². The van der Waals surface area contributed by atoms with E-state index in [0.29, 0.717) is 18.7 Å². The van der Waals surface area contributed by atoms with Gasteiger partial charge in [-0.05, 0) is 45.3 Å². The van der Waals surface area contributed by atoms with Gasteiger partial charge in [-0.15, -0.1) is 11.8 Å². The molecule has 190 valence electrons. The summed E-state index contributed by atoms with van der Waals surface area (Å²) in [6.07, 6.45) is 6.64. The number of aliphatic imine (C=N–C) groups is 1. The molecule has 1 aromatic heterocycles. The Labute approximate surface area is 210 Å². The van der Waals surface area contributed by atoms with Crippen molar-refractivity contribution in [3.05, 3.63) is 17.8 Å². The summed E-state index contributed by atoms with van der Waals surface area (Å²) in [6.45, 7) is 9.81. The molecule has 1 aromatic rings. The van der Waals surface area contributed by atoms with E-state index in [1.807, 2.05) is 6.20 Å². The third-order valence-corrected chi connectivity index (χ3v) is 8.50. The van der Waals surface area contributed by atoms with Crippen LogP contribution < -0.4 is 10.8 Å². The summed E-state index contributed by atoms with van der Waals surface area (Å²) in [5.74, 6) is 2.10. The number of amides is 2. The lowest BCUT2D eigenvalue weighted by Crippen LogP contribution is -2.41. The standard InChI is InChI=1S/C23H37N5O4S2/c1-23(2,3)17-13-24-19(32-17)15-33-20-14-25-22(34-20)26-21(30)16-8-11-28(12-9-16)10-6-4-5-7-18(29)27-31/h13,16,20,31H,4-12,14-15H2,1-3H3,(H,27,29)(H,25,26,30).